The summed E-state index contributed by atoms with van der Waals surface area (Å²) in [5.41, 5.74) is 3.08. The quantitative estimate of drug-likeness (QED) is 0.425. The molecule has 182 valence electrons. The van der Waals surface area contributed by atoms with Crippen LogP contribution in [-0.4, -0.2) is 26.2 Å². The van der Waals surface area contributed by atoms with Crippen LogP contribution in [0.1, 0.15) is 16.7 Å². The Morgan fingerprint density at radius 2 is 1.00 bits per heavy atom. The van der Waals surface area contributed by atoms with Gasteiger partial charge < -0.3 is 14.2 Å². The predicted molar refractivity (Wildman–Crippen MR) is 128 cm³/mol. The lowest BCUT2D eigenvalue weighted by molar-refractivity contribution is -1.91. The maximum absolute atomic E-state index is 11.8. The molecule has 0 N–H and O–H groups in total. The minimum absolute atomic E-state index is 0.540. The number of hydrogen-bond donors (Lipinski definition) is 0. The third-order valence-electron chi connectivity index (χ3n) is 5.29. The van der Waals surface area contributed by atoms with E-state index in [9.17, 15) is 14.0 Å². The average molecular weight is 515 g/mol. The molecule has 1 heterocycles. The molecule has 0 spiro atoms. The number of benzene rings is 3. The lowest BCUT2D eigenvalue weighted by atomic mass is 10.0. The molecular formula is C26H23ClO7S. The molecule has 4 rings (SSSR count). The zero-order valence-corrected chi connectivity index (χ0v) is 20.8. The summed E-state index contributed by atoms with van der Waals surface area (Å²) < 4.78 is 56.2. The number of hydrogen-bond acceptors (Lipinski definition) is 7. The van der Waals surface area contributed by atoms with Crippen molar-refractivity contribution in [3.8, 4) is 17.2 Å². The van der Waals surface area contributed by atoms with Crippen LogP contribution in [0.5, 0.6) is 17.2 Å². The van der Waals surface area contributed by atoms with E-state index in [0.29, 0.717) is 38.1 Å². The molecule has 35 heavy (non-hydrogen) atoms. The van der Waals surface area contributed by atoms with Gasteiger partial charge in [0, 0.05) is 0 Å². The van der Waals surface area contributed by atoms with Crippen LogP contribution in [0.2, 0.25) is 0 Å². The summed E-state index contributed by atoms with van der Waals surface area (Å²) in [6.45, 7) is 0. The van der Waals surface area contributed by atoms with E-state index in [2.05, 4.69) is 0 Å². The summed E-state index contributed by atoms with van der Waals surface area (Å²) in [6, 6.07) is 21.7. The summed E-state index contributed by atoms with van der Waals surface area (Å²) >= 11 is 0. The highest BCUT2D eigenvalue weighted by molar-refractivity contribution is 8.20. The van der Waals surface area contributed by atoms with Crippen LogP contribution < -0.4 is 28.2 Å². The second kappa shape index (κ2) is 10.7. The highest BCUT2D eigenvalue weighted by atomic mass is 35.7. The van der Waals surface area contributed by atoms with E-state index in [-0.39, 0.29) is 0 Å². The second-order valence-corrected chi connectivity index (χ2v) is 10.0. The molecule has 0 aromatic heterocycles. The first-order valence-electron chi connectivity index (χ1n) is 10.4. The largest absolute Gasteiger partial charge is 0.497 e. The summed E-state index contributed by atoms with van der Waals surface area (Å²) in [7, 11) is -1.52. The van der Waals surface area contributed by atoms with Gasteiger partial charge in [0.2, 0.25) is 0 Å². The molecule has 1 aliphatic heterocycles. The Morgan fingerprint density at radius 1 is 0.571 bits per heavy atom. The fraction of sp³-hybridized carbons (Fsp3) is 0.115. The van der Waals surface area contributed by atoms with Crippen LogP contribution >= 0.6 is 10.8 Å². The number of ether oxygens (including phenoxy) is 3. The number of halogens is 1. The maximum Gasteiger partial charge on any atom is 0.148 e. The normalized spacial score (nSPS) is 15.8. The van der Waals surface area contributed by atoms with Crippen molar-refractivity contribution >= 4 is 26.1 Å². The number of allylic oxidation sites excluding steroid dienone is 3. The van der Waals surface area contributed by atoms with Crippen molar-refractivity contribution in [3.63, 3.8) is 0 Å². The van der Waals surface area contributed by atoms with Crippen LogP contribution in [0.3, 0.4) is 0 Å². The highest BCUT2D eigenvalue weighted by Crippen LogP contribution is 2.45. The fourth-order valence-corrected chi connectivity index (χ4v) is 6.10. The third-order valence-corrected chi connectivity index (χ3v) is 7.91. The molecular weight excluding hydrogens is 492 g/mol. The zero-order valence-electron chi connectivity index (χ0n) is 19.2. The van der Waals surface area contributed by atoms with Crippen LogP contribution in [0.15, 0.2) is 84.9 Å². The average Bonchev–Trinajstić information content (AvgIpc) is 2.88. The zero-order chi connectivity index (χ0) is 25.0. The smallest absolute Gasteiger partial charge is 0.148 e. The van der Waals surface area contributed by atoms with Crippen LogP contribution in [0.25, 0.3) is 10.5 Å². The van der Waals surface area contributed by atoms with Crippen molar-refractivity contribution < 1.29 is 42.2 Å². The second-order valence-electron chi connectivity index (χ2n) is 7.37. The number of methoxy groups -OCH3 is 3. The Kier molecular flexibility index (Phi) is 7.61. The fourth-order valence-electron chi connectivity index (χ4n) is 3.54. The molecule has 3 aromatic carbocycles. The van der Waals surface area contributed by atoms with Gasteiger partial charge in [0.25, 0.3) is 0 Å². The van der Waals surface area contributed by atoms with Crippen molar-refractivity contribution in [2.45, 2.75) is 0 Å². The minimum atomic E-state index is -4.71. The van der Waals surface area contributed by atoms with Crippen molar-refractivity contribution in [1.29, 1.82) is 0 Å². The molecule has 7 nitrogen and oxygen atoms in total. The molecule has 1 atom stereocenters. The van der Waals surface area contributed by atoms with Gasteiger partial charge in [0.1, 0.15) is 31.7 Å². The van der Waals surface area contributed by atoms with Gasteiger partial charge in [-0.3, -0.25) is 0 Å². The van der Waals surface area contributed by atoms with Gasteiger partial charge in [-0.25, -0.2) is 0 Å². The molecule has 1 unspecified atom stereocenters. The highest BCUT2D eigenvalue weighted by Gasteiger charge is 2.32. The number of rotatable bonds is 8. The third kappa shape index (κ3) is 5.94. The molecule has 0 fully saturated rings. The van der Waals surface area contributed by atoms with Crippen LogP contribution in [0, 0.1) is 10.2 Å². The van der Waals surface area contributed by atoms with Crippen molar-refractivity contribution in [1.82, 2.24) is 0 Å². The van der Waals surface area contributed by atoms with Gasteiger partial charge in [0.05, 0.1) is 41.3 Å². The molecule has 0 saturated carbocycles. The van der Waals surface area contributed by atoms with E-state index < -0.39 is 21.0 Å². The van der Waals surface area contributed by atoms with Crippen molar-refractivity contribution in [2.24, 2.45) is 0 Å². The Hall–Kier alpha value is -3.11. The summed E-state index contributed by atoms with van der Waals surface area (Å²) in [4.78, 5) is 1.08. The molecule has 9 heteroatoms. The van der Waals surface area contributed by atoms with E-state index in [1.165, 1.54) is 0 Å². The summed E-state index contributed by atoms with van der Waals surface area (Å²) in [6.07, 6.45) is 3.67. The van der Waals surface area contributed by atoms with Crippen molar-refractivity contribution in [3.05, 3.63) is 102 Å². The van der Waals surface area contributed by atoms with Gasteiger partial charge in [-0.15, -0.1) is 0 Å². The standard InChI is InChI=1S/C26H23ClO7S/c1-31-22-10-4-18(5-11-22)21-16-25(19-6-12-23(32-2)13-7-19)35(34-27(28,29)30)26(17-21)20-8-14-24(33-3)15-9-20/h4-17H,1-3H3. The van der Waals surface area contributed by atoms with E-state index in [0.717, 1.165) is 11.1 Å². The van der Waals surface area contributed by atoms with Gasteiger partial charge in [-0.1, -0.05) is 36.4 Å². The van der Waals surface area contributed by atoms with Crippen molar-refractivity contribution in [2.75, 3.05) is 21.3 Å². The van der Waals surface area contributed by atoms with Crippen LogP contribution in [0.4, 0.5) is 0 Å². The Balaban J connectivity index is 1.94. The first-order valence-corrected chi connectivity index (χ1v) is 12.8. The Labute approximate surface area is 208 Å². The topological polar surface area (TPSA) is 106 Å². The van der Waals surface area contributed by atoms with Gasteiger partial charge in [-0.05, 0) is 70.8 Å². The van der Waals surface area contributed by atoms with Gasteiger partial charge in [-0.2, -0.15) is 14.0 Å². The van der Waals surface area contributed by atoms with Gasteiger partial charge >= 0.3 is 0 Å². The SMILES string of the molecule is COc1ccc(C2=CC(c3ccc(OC)cc3)=S(O[Cl+3]([O-])([O-])[O-])C(c3ccc(OC)cc3)=C2)cc1. The molecule has 0 saturated heterocycles. The van der Waals surface area contributed by atoms with E-state index >= 15 is 0 Å². The predicted octanol–water partition coefficient (Wildman–Crippen LogP) is 2.47. The molecule has 1 aliphatic rings. The maximum atomic E-state index is 11.8. The Bertz CT molecular complexity index is 1270. The molecule has 0 bridgehead atoms. The van der Waals surface area contributed by atoms with E-state index in [1.54, 1.807) is 69.9 Å². The monoisotopic (exact) mass is 514 g/mol. The van der Waals surface area contributed by atoms with Gasteiger partial charge in [0.15, 0.2) is 0 Å². The Morgan fingerprint density at radius 3 is 1.43 bits per heavy atom. The minimum Gasteiger partial charge on any atom is -0.497 e. The lowest BCUT2D eigenvalue weighted by Crippen LogP contribution is -2.60. The molecule has 3 aromatic rings. The molecule has 0 aliphatic carbocycles. The van der Waals surface area contributed by atoms with Crippen LogP contribution in [-0.2, 0) is 3.74 Å². The lowest BCUT2D eigenvalue weighted by Gasteiger charge is -2.22. The molecule has 0 amide bonds. The first kappa shape index (κ1) is 25.0. The van der Waals surface area contributed by atoms with E-state index in [1.807, 2.05) is 36.4 Å². The van der Waals surface area contributed by atoms with E-state index in [4.69, 9.17) is 17.9 Å². The summed E-state index contributed by atoms with van der Waals surface area (Å²) in [5, 5.41) is 0. The summed E-state index contributed by atoms with van der Waals surface area (Å²) in [5.74, 6) is 2.00. The first-order chi connectivity index (χ1) is 16.8. The molecule has 0 radical (unpaired) electrons.